The zero-order valence-corrected chi connectivity index (χ0v) is 12.2. The topological polar surface area (TPSA) is 76.1 Å². The van der Waals surface area contributed by atoms with Gasteiger partial charge < -0.3 is 16.8 Å². The quantitative estimate of drug-likeness (QED) is 0.375. The van der Waals surface area contributed by atoms with E-state index < -0.39 is 17.2 Å². The fraction of sp³-hybridized carbons (Fsp3) is 0.364. The number of thiocarbonyl (C=S) groups is 1. The van der Waals surface area contributed by atoms with Gasteiger partial charge in [-0.3, -0.25) is 4.72 Å². The van der Waals surface area contributed by atoms with Crippen molar-refractivity contribution in [3.63, 3.8) is 0 Å². The van der Waals surface area contributed by atoms with E-state index >= 15 is 0 Å². The molecule has 1 atom stereocenters. The van der Waals surface area contributed by atoms with E-state index in [4.69, 9.17) is 23.7 Å². The van der Waals surface area contributed by atoms with Crippen molar-refractivity contribution in [2.75, 3.05) is 18.5 Å². The standard InChI is InChI=1S/C11H16F2N4S2/c1-11(5-19-16-2,17-10(15)18)8-6(12)3-4-7(14)9(8)13/h3-4,16H,5,14H2,1-2H3,(H3,15,17,18)/t11-/m0/s1. The molecule has 0 heterocycles. The summed E-state index contributed by atoms with van der Waals surface area (Å²) in [6.07, 6.45) is 0. The number of nitrogens with one attached hydrogen (secondary N) is 2. The lowest BCUT2D eigenvalue weighted by molar-refractivity contribution is 0.430. The molecule has 0 amide bonds. The van der Waals surface area contributed by atoms with Crippen LogP contribution in [0.1, 0.15) is 12.5 Å². The molecule has 0 saturated heterocycles. The van der Waals surface area contributed by atoms with Crippen LogP contribution in [0.15, 0.2) is 12.1 Å². The van der Waals surface area contributed by atoms with Gasteiger partial charge in [0, 0.05) is 5.75 Å². The van der Waals surface area contributed by atoms with Gasteiger partial charge in [0.05, 0.1) is 16.8 Å². The van der Waals surface area contributed by atoms with E-state index in [2.05, 4.69) is 10.0 Å². The number of rotatable bonds is 5. The second-order valence-electron chi connectivity index (χ2n) is 4.14. The van der Waals surface area contributed by atoms with Crippen LogP contribution in [0.25, 0.3) is 0 Å². The molecule has 6 N–H and O–H groups in total. The maximum Gasteiger partial charge on any atom is 0.164 e. The second-order valence-corrected chi connectivity index (χ2v) is 5.57. The van der Waals surface area contributed by atoms with Crippen LogP contribution in [0.3, 0.4) is 0 Å². The van der Waals surface area contributed by atoms with E-state index in [1.807, 2.05) is 0 Å². The van der Waals surface area contributed by atoms with Gasteiger partial charge >= 0.3 is 0 Å². The molecule has 1 rings (SSSR count). The van der Waals surface area contributed by atoms with Crippen LogP contribution in [-0.4, -0.2) is 17.9 Å². The molecule has 106 valence electrons. The number of nitrogen functional groups attached to an aromatic ring is 1. The van der Waals surface area contributed by atoms with Gasteiger partial charge in [-0.1, -0.05) is 11.9 Å². The highest BCUT2D eigenvalue weighted by Gasteiger charge is 2.34. The summed E-state index contributed by atoms with van der Waals surface area (Å²) in [6.45, 7) is 1.61. The summed E-state index contributed by atoms with van der Waals surface area (Å²) in [5.74, 6) is -1.20. The Morgan fingerprint density at radius 2 is 2.11 bits per heavy atom. The van der Waals surface area contributed by atoms with Gasteiger partial charge in [-0.2, -0.15) is 0 Å². The molecular formula is C11H16F2N4S2. The van der Waals surface area contributed by atoms with E-state index in [1.165, 1.54) is 18.0 Å². The smallest absolute Gasteiger partial charge is 0.164 e. The number of benzene rings is 1. The molecule has 0 radical (unpaired) electrons. The van der Waals surface area contributed by atoms with Crippen LogP contribution in [0.5, 0.6) is 0 Å². The maximum atomic E-state index is 14.1. The average Bonchev–Trinajstić information content (AvgIpc) is 2.31. The lowest BCUT2D eigenvalue weighted by Gasteiger charge is -2.32. The molecule has 4 nitrogen and oxygen atoms in total. The fourth-order valence-corrected chi connectivity index (χ4v) is 2.61. The SMILES string of the molecule is CNSC[C@](C)(NC(N)=S)c1c(F)ccc(N)c1F. The fourth-order valence-electron chi connectivity index (χ4n) is 1.73. The zero-order valence-electron chi connectivity index (χ0n) is 10.6. The van der Waals surface area contributed by atoms with Gasteiger partial charge in [0.1, 0.15) is 5.82 Å². The van der Waals surface area contributed by atoms with Gasteiger partial charge in [0.2, 0.25) is 0 Å². The van der Waals surface area contributed by atoms with Crippen LogP contribution >= 0.6 is 24.2 Å². The van der Waals surface area contributed by atoms with E-state index in [1.54, 1.807) is 14.0 Å². The number of nitrogens with two attached hydrogens (primary N) is 2. The first-order chi connectivity index (χ1) is 8.81. The predicted molar refractivity (Wildman–Crippen MR) is 79.6 cm³/mol. The molecule has 0 aromatic heterocycles. The van der Waals surface area contributed by atoms with Crippen molar-refractivity contribution in [1.82, 2.24) is 10.0 Å². The highest BCUT2D eigenvalue weighted by molar-refractivity contribution is 7.97. The minimum atomic E-state index is -1.11. The minimum absolute atomic E-state index is 0.0413. The molecular weight excluding hydrogens is 290 g/mol. The molecule has 1 aromatic carbocycles. The average molecular weight is 306 g/mol. The van der Waals surface area contributed by atoms with Crippen molar-refractivity contribution >= 4 is 35.0 Å². The molecule has 19 heavy (non-hydrogen) atoms. The third-order valence-electron chi connectivity index (χ3n) is 2.58. The van der Waals surface area contributed by atoms with Crippen LogP contribution in [0.2, 0.25) is 0 Å². The van der Waals surface area contributed by atoms with Crippen molar-refractivity contribution in [2.45, 2.75) is 12.5 Å². The van der Waals surface area contributed by atoms with Gasteiger partial charge in [-0.25, -0.2) is 8.78 Å². The summed E-state index contributed by atoms with van der Waals surface area (Å²) in [5, 5.41) is 2.69. The highest BCUT2D eigenvalue weighted by Crippen LogP contribution is 2.31. The molecule has 0 unspecified atom stereocenters. The molecule has 0 aliphatic heterocycles. The number of anilines is 1. The van der Waals surface area contributed by atoms with Crippen molar-refractivity contribution < 1.29 is 8.78 Å². The first-order valence-corrected chi connectivity index (χ1v) is 6.81. The Kier molecular flexibility index (Phi) is 5.33. The molecule has 0 saturated carbocycles. The van der Waals surface area contributed by atoms with Crippen LogP contribution in [0.4, 0.5) is 14.5 Å². The normalized spacial score (nSPS) is 13.9. The first-order valence-electron chi connectivity index (χ1n) is 5.42. The van der Waals surface area contributed by atoms with Crippen molar-refractivity contribution in [2.24, 2.45) is 5.73 Å². The highest BCUT2D eigenvalue weighted by atomic mass is 32.2. The Hall–Kier alpha value is -1.12. The summed E-state index contributed by atoms with van der Waals surface area (Å²) in [7, 11) is 1.71. The van der Waals surface area contributed by atoms with Crippen molar-refractivity contribution in [3.05, 3.63) is 29.3 Å². The molecule has 0 aliphatic carbocycles. The van der Waals surface area contributed by atoms with E-state index in [0.717, 1.165) is 6.07 Å². The van der Waals surface area contributed by atoms with Gasteiger partial charge in [-0.15, -0.1) is 0 Å². The summed E-state index contributed by atoms with van der Waals surface area (Å²) >= 11 is 6.05. The largest absolute Gasteiger partial charge is 0.396 e. The molecule has 0 spiro atoms. The minimum Gasteiger partial charge on any atom is -0.396 e. The summed E-state index contributed by atoms with van der Waals surface area (Å²) in [6, 6.07) is 2.30. The van der Waals surface area contributed by atoms with Crippen molar-refractivity contribution in [1.29, 1.82) is 0 Å². The maximum absolute atomic E-state index is 14.1. The van der Waals surface area contributed by atoms with E-state index in [-0.39, 0.29) is 16.4 Å². The first kappa shape index (κ1) is 15.9. The Morgan fingerprint density at radius 3 is 2.63 bits per heavy atom. The molecule has 8 heteroatoms. The molecule has 0 fully saturated rings. The Bertz CT molecular complexity index is 484. The zero-order chi connectivity index (χ0) is 14.6. The summed E-state index contributed by atoms with van der Waals surface area (Å²) in [5.41, 5.74) is 9.52. The van der Waals surface area contributed by atoms with Gasteiger partial charge in [0.15, 0.2) is 10.9 Å². The summed E-state index contributed by atoms with van der Waals surface area (Å²) < 4.78 is 30.9. The third-order valence-corrected chi connectivity index (χ3v) is 3.69. The lowest BCUT2D eigenvalue weighted by Crippen LogP contribution is -2.49. The third kappa shape index (κ3) is 3.68. The number of halogens is 2. The Morgan fingerprint density at radius 1 is 1.47 bits per heavy atom. The number of hydrogen-bond donors (Lipinski definition) is 4. The van der Waals surface area contributed by atoms with Crippen molar-refractivity contribution in [3.8, 4) is 0 Å². The lowest BCUT2D eigenvalue weighted by atomic mass is 9.92. The van der Waals surface area contributed by atoms with Crippen LogP contribution < -0.4 is 21.5 Å². The molecule has 0 bridgehead atoms. The van der Waals surface area contributed by atoms with Crippen LogP contribution in [-0.2, 0) is 5.54 Å². The van der Waals surface area contributed by atoms with Crippen LogP contribution in [0, 0.1) is 11.6 Å². The predicted octanol–water partition coefficient (Wildman–Crippen LogP) is 1.46. The van der Waals surface area contributed by atoms with E-state index in [0.29, 0.717) is 5.75 Å². The number of hydrogen-bond acceptors (Lipinski definition) is 4. The molecule has 0 aliphatic rings. The second kappa shape index (κ2) is 6.36. The Labute approximate surface area is 120 Å². The van der Waals surface area contributed by atoms with Gasteiger partial charge in [-0.05, 0) is 38.3 Å². The van der Waals surface area contributed by atoms with Gasteiger partial charge in [0.25, 0.3) is 0 Å². The summed E-state index contributed by atoms with van der Waals surface area (Å²) in [4.78, 5) is 0. The monoisotopic (exact) mass is 306 g/mol. The van der Waals surface area contributed by atoms with E-state index in [9.17, 15) is 8.78 Å². The molecule has 1 aromatic rings. The Balaban J connectivity index is 3.31.